The van der Waals surface area contributed by atoms with Crippen LogP contribution < -0.4 is 10.6 Å². The van der Waals surface area contributed by atoms with Crippen LogP contribution in [-0.4, -0.2) is 47.4 Å². The fraction of sp³-hybridized carbons (Fsp3) is 0.412. The summed E-state index contributed by atoms with van der Waals surface area (Å²) in [4.78, 5) is 26.9. The van der Waals surface area contributed by atoms with Crippen LogP contribution in [0.4, 0.5) is 5.82 Å². The topological polar surface area (TPSA) is 82.5 Å². The molecule has 2 N–H and O–H groups in total. The first kappa shape index (κ1) is 22.3. The summed E-state index contributed by atoms with van der Waals surface area (Å²) in [7, 11) is 3.67. The maximum atomic E-state index is 12.0. The van der Waals surface area contributed by atoms with E-state index in [4.69, 9.17) is 0 Å². The molecule has 0 radical (unpaired) electrons. The monoisotopic (exact) mass is 488 g/mol. The Hall–Kier alpha value is -1.75. The van der Waals surface area contributed by atoms with Gasteiger partial charge in [-0.05, 0) is 26.0 Å². The van der Waals surface area contributed by atoms with E-state index in [9.17, 15) is 4.79 Å². The standard InChI is InChI=1S/C17H24N6OS.HI/c1-12-6-5-7-15(20-12)22-16(24)8-9-19-17(18-3)23(4)10-14-11-25-13(2)21-14;/h5-7,11H,8-10H2,1-4H3,(H,18,19)(H,20,22,24);1H. The zero-order valence-corrected chi connectivity index (χ0v) is 18.6. The van der Waals surface area contributed by atoms with Gasteiger partial charge in [0.15, 0.2) is 5.96 Å². The van der Waals surface area contributed by atoms with Crippen molar-refractivity contribution in [3.63, 3.8) is 0 Å². The molecule has 26 heavy (non-hydrogen) atoms. The lowest BCUT2D eigenvalue weighted by Gasteiger charge is -2.21. The fourth-order valence-electron chi connectivity index (χ4n) is 2.29. The second-order valence-corrected chi connectivity index (χ2v) is 6.71. The molecule has 9 heteroatoms. The van der Waals surface area contributed by atoms with E-state index < -0.39 is 0 Å². The van der Waals surface area contributed by atoms with Gasteiger partial charge in [-0.3, -0.25) is 9.79 Å². The number of halogens is 1. The van der Waals surface area contributed by atoms with Crippen molar-refractivity contribution in [3.8, 4) is 0 Å². The second kappa shape index (κ2) is 11.1. The molecule has 2 rings (SSSR count). The number of thiazole rings is 1. The molecule has 0 fully saturated rings. The lowest BCUT2D eigenvalue weighted by atomic mass is 10.3. The van der Waals surface area contributed by atoms with Crippen molar-refractivity contribution < 1.29 is 4.79 Å². The number of guanidine groups is 1. The van der Waals surface area contributed by atoms with Gasteiger partial charge in [0.2, 0.25) is 5.91 Å². The molecule has 2 heterocycles. The maximum Gasteiger partial charge on any atom is 0.227 e. The van der Waals surface area contributed by atoms with Crippen LogP contribution in [0.15, 0.2) is 28.6 Å². The SMILES string of the molecule is CN=C(NCCC(=O)Nc1cccc(C)n1)N(C)Cc1csc(C)n1.I. The van der Waals surface area contributed by atoms with Crippen molar-refractivity contribution in [3.05, 3.63) is 40.0 Å². The molecule has 0 bridgehead atoms. The van der Waals surface area contributed by atoms with Crippen molar-refractivity contribution in [1.82, 2.24) is 20.2 Å². The van der Waals surface area contributed by atoms with Gasteiger partial charge in [-0.25, -0.2) is 9.97 Å². The third kappa shape index (κ3) is 7.24. The third-order valence-corrected chi connectivity index (χ3v) is 4.25. The first-order valence-corrected chi connectivity index (χ1v) is 8.92. The van der Waals surface area contributed by atoms with Crippen LogP contribution in [0.3, 0.4) is 0 Å². The van der Waals surface area contributed by atoms with Crippen LogP contribution in [0.25, 0.3) is 0 Å². The van der Waals surface area contributed by atoms with Crippen LogP contribution in [0.5, 0.6) is 0 Å². The second-order valence-electron chi connectivity index (χ2n) is 5.65. The molecular formula is C17H25IN6OS. The summed E-state index contributed by atoms with van der Waals surface area (Å²) in [5.74, 6) is 1.22. The van der Waals surface area contributed by atoms with E-state index in [0.717, 1.165) is 22.4 Å². The minimum atomic E-state index is -0.0844. The molecule has 0 spiro atoms. The number of aromatic nitrogens is 2. The van der Waals surface area contributed by atoms with E-state index in [2.05, 4.69) is 25.6 Å². The Bertz CT molecular complexity index is 748. The van der Waals surface area contributed by atoms with Crippen LogP contribution in [0.2, 0.25) is 0 Å². The number of pyridine rings is 1. The van der Waals surface area contributed by atoms with Gasteiger partial charge in [0.25, 0.3) is 0 Å². The number of nitrogens with zero attached hydrogens (tertiary/aromatic N) is 4. The fourth-order valence-corrected chi connectivity index (χ4v) is 2.89. The molecule has 0 aromatic carbocycles. The van der Waals surface area contributed by atoms with Crippen molar-refractivity contribution in [2.75, 3.05) is 26.0 Å². The van der Waals surface area contributed by atoms with Crippen LogP contribution in [-0.2, 0) is 11.3 Å². The van der Waals surface area contributed by atoms with Gasteiger partial charge in [0.1, 0.15) is 5.82 Å². The molecule has 0 saturated heterocycles. The summed E-state index contributed by atoms with van der Waals surface area (Å²) in [6, 6.07) is 5.54. The van der Waals surface area contributed by atoms with Crippen molar-refractivity contribution in [2.24, 2.45) is 4.99 Å². The molecule has 142 valence electrons. The Labute approximate surface area is 175 Å². The summed E-state index contributed by atoms with van der Waals surface area (Å²) >= 11 is 1.63. The number of hydrogen-bond acceptors (Lipinski definition) is 5. The number of amides is 1. The summed E-state index contributed by atoms with van der Waals surface area (Å²) in [5, 5.41) is 9.08. The molecule has 1 amide bonds. The Morgan fingerprint density at radius 2 is 2.08 bits per heavy atom. The number of carbonyl (C=O) groups is 1. The number of rotatable bonds is 6. The number of anilines is 1. The first-order valence-electron chi connectivity index (χ1n) is 8.04. The van der Waals surface area contributed by atoms with Gasteiger partial charge in [0, 0.05) is 38.1 Å². The highest BCUT2D eigenvalue weighted by atomic mass is 127. The van der Waals surface area contributed by atoms with Crippen LogP contribution in [0, 0.1) is 13.8 Å². The van der Waals surface area contributed by atoms with E-state index >= 15 is 0 Å². The lowest BCUT2D eigenvalue weighted by molar-refractivity contribution is -0.116. The molecule has 0 aliphatic carbocycles. The van der Waals surface area contributed by atoms with E-state index in [-0.39, 0.29) is 29.9 Å². The van der Waals surface area contributed by atoms with Gasteiger partial charge in [0.05, 0.1) is 17.2 Å². The molecule has 0 aliphatic heterocycles. The summed E-state index contributed by atoms with van der Waals surface area (Å²) in [5.41, 5.74) is 1.88. The van der Waals surface area contributed by atoms with Gasteiger partial charge in [-0.2, -0.15) is 0 Å². The average molecular weight is 488 g/mol. The minimum absolute atomic E-state index is 0. The Morgan fingerprint density at radius 3 is 2.69 bits per heavy atom. The molecule has 0 unspecified atom stereocenters. The maximum absolute atomic E-state index is 12.0. The van der Waals surface area contributed by atoms with Crippen molar-refractivity contribution in [2.45, 2.75) is 26.8 Å². The Balaban J connectivity index is 0.00000338. The zero-order chi connectivity index (χ0) is 18.2. The molecule has 0 atom stereocenters. The van der Waals surface area contributed by atoms with Crippen LogP contribution in [0.1, 0.15) is 22.8 Å². The largest absolute Gasteiger partial charge is 0.356 e. The minimum Gasteiger partial charge on any atom is -0.356 e. The molecule has 2 aromatic heterocycles. The first-order chi connectivity index (χ1) is 12.0. The average Bonchev–Trinajstić information content (AvgIpc) is 2.96. The summed E-state index contributed by atoms with van der Waals surface area (Å²) in [6.07, 6.45) is 0.332. The Kier molecular flexibility index (Phi) is 9.49. The predicted molar refractivity (Wildman–Crippen MR) is 117 cm³/mol. The Morgan fingerprint density at radius 1 is 1.31 bits per heavy atom. The number of aryl methyl sites for hydroxylation is 2. The zero-order valence-electron chi connectivity index (χ0n) is 15.4. The highest BCUT2D eigenvalue weighted by molar-refractivity contribution is 14.0. The smallest absolute Gasteiger partial charge is 0.227 e. The quantitative estimate of drug-likeness (QED) is 0.371. The van der Waals surface area contributed by atoms with Crippen molar-refractivity contribution in [1.29, 1.82) is 0 Å². The number of nitrogens with one attached hydrogen (secondary N) is 2. The van der Waals surface area contributed by atoms with Gasteiger partial charge in [-0.15, -0.1) is 35.3 Å². The molecule has 0 saturated carbocycles. The normalized spacial score (nSPS) is 10.8. The van der Waals surface area contributed by atoms with E-state index in [1.165, 1.54) is 0 Å². The number of hydrogen-bond donors (Lipinski definition) is 2. The molecule has 7 nitrogen and oxygen atoms in total. The number of aliphatic imine (C=N–C) groups is 1. The van der Waals surface area contributed by atoms with E-state index in [1.807, 2.05) is 43.3 Å². The van der Waals surface area contributed by atoms with Crippen LogP contribution >= 0.6 is 35.3 Å². The third-order valence-electron chi connectivity index (χ3n) is 3.43. The van der Waals surface area contributed by atoms with Gasteiger partial charge in [-0.1, -0.05) is 6.07 Å². The van der Waals surface area contributed by atoms with Gasteiger partial charge >= 0.3 is 0 Å². The summed E-state index contributed by atoms with van der Waals surface area (Å²) in [6.45, 7) is 5.04. The predicted octanol–water partition coefficient (Wildman–Crippen LogP) is 2.81. The molecular weight excluding hydrogens is 463 g/mol. The van der Waals surface area contributed by atoms with Crippen molar-refractivity contribution >= 4 is 53.0 Å². The molecule has 2 aromatic rings. The van der Waals surface area contributed by atoms with E-state index in [1.54, 1.807) is 24.5 Å². The number of carbonyl (C=O) groups excluding carboxylic acids is 1. The lowest BCUT2D eigenvalue weighted by Crippen LogP contribution is -2.39. The summed E-state index contributed by atoms with van der Waals surface area (Å²) < 4.78 is 0. The highest BCUT2D eigenvalue weighted by Gasteiger charge is 2.09. The van der Waals surface area contributed by atoms with E-state index in [0.29, 0.717) is 25.3 Å². The molecule has 0 aliphatic rings. The van der Waals surface area contributed by atoms with Gasteiger partial charge < -0.3 is 15.5 Å². The highest BCUT2D eigenvalue weighted by Crippen LogP contribution is 2.09.